The Kier molecular flexibility index (Phi) is 4.02. The molecule has 9 heteroatoms. The summed E-state index contributed by atoms with van der Waals surface area (Å²) in [6, 6.07) is 2.02. The number of carbonyl (C=O) groups excluding carboxylic acids is 1. The number of esters is 1. The molecule has 0 aliphatic heterocycles. The number of hydrogen-bond donors (Lipinski definition) is 0. The third-order valence-corrected chi connectivity index (χ3v) is 4.24. The Hall–Kier alpha value is -2.13. The number of thiazole rings is 1. The van der Waals surface area contributed by atoms with E-state index in [2.05, 4.69) is 20.5 Å². The Labute approximate surface area is 128 Å². The van der Waals surface area contributed by atoms with Crippen LogP contribution in [0.5, 0.6) is 0 Å². The lowest BCUT2D eigenvalue weighted by Crippen LogP contribution is -2.15. The van der Waals surface area contributed by atoms with E-state index >= 15 is 0 Å². The van der Waals surface area contributed by atoms with E-state index < -0.39 is 5.97 Å². The molecule has 0 N–H and O–H groups in total. The van der Waals surface area contributed by atoms with Crippen LogP contribution in [0.2, 0.25) is 0 Å². The minimum absolute atomic E-state index is 0.0851. The lowest BCUT2D eigenvalue weighted by molar-refractivity contribution is 0.0505. The SMILES string of the molecule is CCOC(=O)c1nnnn1Cc1csc(-c2ccsc2)n1. The number of rotatable bonds is 5. The van der Waals surface area contributed by atoms with Gasteiger partial charge < -0.3 is 4.74 Å². The van der Waals surface area contributed by atoms with E-state index in [9.17, 15) is 4.79 Å². The molecule has 108 valence electrons. The molecule has 0 saturated heterocycles. The minimum Gasteiger partial charge on any atom is -0.460 e. The van der Waals surface area contributed by atoms with Crippen molar-refractivity contribution in [1.82, 2.24) is 25.2 Å². The van der Waals surface area contributed by atoms with Crippen molar-refractivity contribution in [2.24, 2.45) is 0 Å². The predicted molar refractivity (Wildman–Crippen MR) is 78.3 cm³/mol. The normalized spacial score (nSPS) is 10.7. The first-order valence-electron chi connectivity index (χ1n) is 6.18. The summed E-state index contributed by atoms with van der Waals surface area (Å²) in [5.74, 6) is -0.447. The zero-order chi connectivity index (χ0) is 14.7. The highest BCUT2D eigenvalue weighted by Gasteiger charge is 2.17. The molecule has 0 amide bonds. The van der Waals surface area contributed by atoms with Crippen LogP contribution in [0.1, 0.15) is 23.2 Å². The molecule has 7 nitrogen and oxygen atoms in total. The van der Waals surface area contributed by atoms with Crippen LogP contribution in [0.15, 0.2) is 22.2 Å². The molecule has 0 aliphatic rings. The smallest absolute Gasteiger partial charge is 0.378 e. The number of thiophene rings is 1. The van der Waals surface area contributed by atoms with E-state index in [0.717, 1.165) is 16.3 Å². The molecule has 21 heavy (non-hydrogen) atoms. The second-order valence-electron chi connectivity index (χ2n) is 4.04. The third-order valence-electron chi connectivity index (χ3n) is 2.62. The van der Waals surface area contributed by atoms with Gasteiger partial charge in [0, 0.05) is 16.3 Å². The summed E-state index contributed by atoms with van der Waals surface area (Å²) >= 11 is 3.18. The van der Waals surface area contributed by atoms with Gasteiger partial charge in [0.25, 0.3) is 5.82 Å². The van der Waals surface area contributed by atoms with Crippen LogP contribution in [0.25, 0.3) is 10.6 Å². The van der Waals surface area contributed by atoms with E-state index in [1.807, 2.05) is 22.2 Å². The first-order chi connectivity index (χ1) is 10.3. The van der Waals surface area contributed by atoms with E-state index in [4.69, 9.17) is 4.74 Å². The molecular formula is C12H11N5O2S2. The lowest BCUT2D eigenvalue weighted by atomic mass is 10.3. The predicted octanol–water partition coefficient (Wildman–Crippen LogP) is 2.08. The Morgan fingerprint density at radius 1 is 1.43 bits per heavy atom. The molecule has 3 rings (SSSR count). The topological polar surface area (TPSA) is 82.8 Å². The first kappa shape index (κ1) is 13.8. The van der Waals surface area contributed by atoms with Gasteiger partial charge in [-0.2, -0.15) is 11.3 Å². The average molecular weight is 321 g/mol. The molecule has 0 aromatic carbocycles. The van der Waals surface area contributed by atoms with Crippen molar-refractivity contribution in [3.05, 3.63) is 33.7 Å². The Morgan fingerprint density at radius 2 is 2.33 bits per heavy atom. The summed E-state index contributed by atoms with van der Waals surface area (Å²) in [4.78, 5) is 16.2. The average Bonchev–Trinajstić information content (AvgIpc) is 3.20. The van der Waals surface area contributed by atoms with Crippen molar-refractivity contribution in [1.29, 1.82) is 0 Å². The second-order valence-corrected chi connectivity index (χ2v) is 5.67. The highest BCUT2D eigenvalue weighted by molar-refractivity contribution is 7.14. The molecule has 0 fully saturated rings. The molecule has 0 aliphatic carbocycles. The van der Waals surface area contributed by atoms with Crippen LogP contribution < -0.4 is 0 Å². The third kappa shape index (κ3) is 2.98. The van der Waals surface area contributed by atoms with Crippen molar-refractivity contribution in [2.45, 2.75) is 13.5 Å². The number of ether oxygens (including phenoxy) is 1. The summed E-state index contributed by atoms with van der Waals surface area (Å²) in [7, 11) is 0. The van der Waals surface area contributed by atoms with Crippen molar-refractivity contribution in [3.63, 3.8) is 0 Å². The summed E-state index contributed by atoms with van der Waals surface area (Å²) in [6.07, 6.45) is 0. The van der Waals surface area contributed by atoms with Crippen molar-refractivity contribution in [2.75, 3.05) is 6.61 Å². The van der Waals surface area contributed by atoms with Gasteiger partial charge in [-0.25, -0.2) is 14.5 Å². The van der Waals surface area contributed by atoms with Crippen molar-refractivity contribution >= 4 is 28.6 Å². The summed E-state index contributed by atoms with van der Waals surface area (Å²) in [5.41, 5.74) is 1.90. The van der Waals surface area contributed by atoms with Gasteiger partial charge in [0.1, 0.15) is 5.01 Å². The maximum absolute atomic E-state index is 11.7. The molecular weight excluding hydrogens is 310 g/mol. The lowest BCUT2D eigenvalue weighted by Gasteiger charge is -2.01. The summed E-state index contributed by atoms with van der Waals surface area (Å²) in [6.45, 7) is 2.35. The zero-order valence-corrected chi connectivity index (χ0v) is 12.7. The number of carbonyl (C=O) groups is 1. The summed E-state index contributed by atoms with van der Waals surface area (Å²) < 4.78 is 6.30. The van der Waals surface area contributed by atoms with Crippen LogP contribution in [0, 0.1) is 0 Å². The maximum atomic E-state index is 11.7. The largest absolute Gasteiger partial charge is 0.460 e. The van der Waals surface area contributed by atoms with E-state index in [-0.39, 0.29) is 12.4 Å². The van der Waals surface area contributed by atoms with Crippen LogP contribution in [0.3, 0.4) is 0 Å². The van der Waals surface area contributed by atoms with Gasteiger partial charge in [0.15, 0.2) is 0 Å². The van der Waals surface area contributed by atoms with Gasteiger partial charge in [0.05, 0.1) is 18.8 Å². The Balaban J connectivity index is 1.79. The zero-order valence-electron chi connectivity index (χ0n) is 11.1. The molecule has 0 saturated carbocycles. The van der Waals surface area contributed by atoms with Gasteiger partial charge in [-0.3, -0.25) is 0 Å². The Bertz CT molecular complexity index is 735. The number of nitrogens with zero attached hydrogens (tertiary/aromatic N) is 5. The molecule has 3 heterocycles. The number of hydrogen-bond acceptors (Lipinski definition) is 8. The van der Waals surface area contributed by atoms with Crippen LogP contribution in [0.4, 0.5) is 0 Å². The molecule has 0 spiro atoms. The fraction of sp³-hybridized carbons (Fsp3) is 0.250. The first-order valence-corrected chi connectivity index (χ1v) is 8.00. The number of aromatic nitrogens is 5. The van der Waals surface area contributed by atoms with Gasteiger partial charge in [0.2, 0.25) is 0 Å². The highest BCUT2D eigenvalue weighted by Crippen LogP contribution is 2.25. The molecule has 0 unspecified atom stereocenters. The number of tetrazole rings is 1. The van der Waals surface area contributed by atoms with Gasteiger partial charge in [-0.15, -0.1) is 16.4 Å². The second kappa shape index (κ2) is 6.10. The fourth-order valence-electron chi connectivity index (χ4n) is 1.70. The quantitative estimate of drug-likeness (QED) is 0.669. The maximum Gasteiger partial charge on any atom is 0.378 e. The monoisotopic (exact) mass is 321 g/mol. The van der Waals surface area contributed by atoms with Gasteiger partial charge >= 0.3 is 5.97 Å². The molecule has 0 atom stereocenters. The van der Waals surface area contributed by atoms with Crippen molar-refractivity contribution in [3.8, 4) is 10.6 Å². The highest BCUT2D eigenvalue weighted by atomic mass is 32.1. The van der Waals surface area contributed by atoms with Gasteiger partial charge in [-0.05, 0) is 28.8 Å². The van der Waals surface area contributed by atoms with Crippen LogP contribution in [-0.4, -0.2) is 37.8 Å². The Morgan fingerprint density at radius 3 is 3.10 bits per heavy atom. The van der Waals surface area contributed by atoms with E-state index in [1.54, 1.807) is 29.6 Å². The molecule has 0 bridgehead atoms. The fourth-order valence-corrected chi connectivity index (χ4v) is 3.23. The van der Waals surface area contributed by atoms with E-state index in [1.165, 1.54) is 4.68 Å². The van der Waals surface area contributed by atoms with Crippen molar-refractivity contribution < 1.29 is 9.53 Å². The molecule has 3 aromatic heterocycles. The van der Waals surface area contributed by atoms with E-state index in [0.29, 0.717) is 6.54 Å². The minimum atomic E-state index is -0.532. The van der Waals surface area contributed by atoms with Crippen LogP contribution >= 0.6 is 22.7 Å². The molecule has 0 radical (unpaired) electrons. The standard InChI is InChI=1S/C12H11N5O2S2/c1-2-19-12(18)10-14-15-16-17(10)5-9-7-21-11(13-9)8-3-4-20-6-8/h3-4,6-7H,2,5H2,1H3. The molecule has 3 aromatic rings. The van der Waals surface area contributed by atoms with Crippen LogP contribution in [-0.2, 0) is 11.3 Å². The summed E-state index contributed by atoms with van der Waals surface area (Å²) in [5, 5.41) is 17.9. The van der Waals surface area contributed by atoms with Gasteiger partial charge in [-0.1, -0.05) is 0 Å².